The molecule has 1 aromatic heterocycles. The van der Waals surface area contributed by atoms with Crippen LogP contribution in [-0.4, -0.2) is 23.1 Å². The highest BCUT2D eigenvalue weighted by atomic mass is 19.1. The average Bonchev–Trinajstić information content (AvgIpc) is 3.31. The Hall–Kier alpha value is -2.28. The summed E-state index contributed by atoms with van der Waals surface area (Å²) in [5.74, 6) is 0.257. The highest BCUT2D eigenvalue weighted by Crippen LogP contribution is 2.42. The summed E-state index contributed by atoms with van der Waals surface area (Å²) in [6, 6.07) is 3.22. The predicted octanol–water partition coefficient (Wildman–Crippen LogP) is 3.14. The van der Waals surface area contributed by atoms with E-state index in [1.165, 1.54) is 12.1 Å². The Kier molecular flexibility index (Phi) is 4.66. The van der Waals surface area contributed by atoms with E-state index in [0.29, 0.717) is 18.4 Å². The lowest BCUT2D eigenvalue weighted by Crippen LogP contribution is -2.12. The minimum atomic E-state index is -0.650. The van der Waals surface area contributed by atoms with Crippen LogP contribution in [0.15, 0.2) is 24.4 Å². The van der Waals surface area contributed by atoms with E-state index in [1.54, 1.807) is 6.20 Å². The fourth-order valence-corrected chi connectivity index (χ4v) is 2.35. The second kappa shape index (κ2) is 6.87. The van der Waals surface area contributed by atoms with Crippen LogP contribution in [0.4, 0.5) is 26.2 Å². The van der Waals surface area contributed by atoms with Crippen LogP contribution in [0.3, 0.4) is 0 Å². The fraction of sp³-hybridized carbons (Fsp3) is 0.375. The van der Waals surface area contributed by atoms with Gasteiger partial charge in [-0.1, -0.05) is 0 Å². The first-order valence-electron chi connectivity index (χ1n) is 7.69. The summed E-state index contributed by atoms with van der Waals surface area (Å²) >= 11 is 0. The van der Waals surface area contributed by atoms with Crippen molar-refractivity contribution in [3.63, 3.8) is 0 Å². The van der Waals surface area contributed by atoms with Gasteiger partial charge in [-0.05, 0) is 43.9 Å². The molecular formula is C16H19F2N5. The molecular weight excluding hydrogens is 300 g/mol. The topological polar surface area (TPSA) is 75.9 Å². The van der Waals surface area contributed by atoms with Crippen LogP contribution in [-0.2, 0) is 0 Å². The Morgan fingerprint density at radius 1 is 1.17 bits per heavy atom. The third-order valence-electron chi connectivity index (χ3n) is 3.63. The molecule has 1 fully saturated rings. The smallest absolute Gasteiger partial charge is 0.229 e. The average molecular weight is 319 g/mol. The van der Waals surface area contributed by atoms with E-state index in [0.717, 1.165) is 43.3 Å². The molecule has 23 heavy (non-hydrogen) atoms. The van der Waals surface area contributed by atoms with E-state index < -0.39 is 11.6 Å². The molecule has 1 aliphatic rings. The Labute approximate surface area is 133 Å². The maximum atomic E-state index is 13.2. The number of nitrogens with two attached hydrogens (primary N) is 1. The van der Waals surface area contributed by atoms with Crippen LogP contribution in [0, 0.1) is 11.6 Å². The SMILES string of the molecule is NCCCNc1nc(Nc2cc(F)cc(F)c2)ncc1C1CC1. The number of hydrogen-bond acceptors (Lipinski definition) is 5. The van der Waals surface area contributed by atoms with Crippen LogP contribution in [0.1, 0.15) is 30.7 Å². The van der Waals surface area contributed by atoms with Gasteiger partial charge in [-0.2, -0.15) is 4.98 Å². The van der Waals surface area contributed by atoms with Gasteiger partial charge < -0.3 is 16.4 Å². The van der Waals surface area contributed by atoms with Gasteiger partial charge in [0.2, 0.25) is 5.95 Å². The van der Waals surface area contributed by atoms with Crippen molar-refractivity contribution < 1.29 is 8.78 Å². The lowest BCUT2D eigenvalue weighted by atomic mass is 10.2. The Bertz CT molecular complexity index is 668. The highest BCUT2D eigenvalue weighted by molar-refractivity contribution is 5.57. The van der Waals surface area contributed by atoms with Crippen molar-refractivity contribution in [3.8, 4) is 0 Å². The summed E-state index contributed by atoms with van der Waals surface area (Å²) in [5.41, 5.74) is 6.86. The molecule has 3 rings (SSSR count). The first kappa shape index (κ1) is 15.6. The van der Waals surface area contributed by atoms with Gasteiger partial charge in [0.15, 0.2) is 0 Å². The van der Waals surface area contributed by atoms with Crippen molar-refractivity contribution in [1.82, 2.24) is 9.97 Å². The van der Waals surface area contributed by atoms with Crippen LogP contribution < -0.4 is 16.4 Å². The number of anilines is 3. The van der Waals surface area contributed by atoms with E-state index in [4.69, 9.17) is 5.73 Å². The molecule has 1 heterocycles. The van der Waals surface area contributed by atoms with Crippen molar-refractivity contribution in [2.45, 2.75) is 25.2 Å². The third-order valence-corrected chi connectivity index (χ3v) is 3.63. The quantitative estimate of drug-likeness (QED) is 0.684. The molecule has 0 bridgehead atoms. The van der Waals surface area contributed by atoms with Gasteiger partial charge in [0.25, 0.3) is 0 Å². The lowest BCUT2D eigenvalue weighted by molar-refractivity contribution is 0.584. The van der Waals surface area contributed by atoms with Crippen LogP contribution in [0.25, 0.3) is 0 Å². The Morgan fingerprint density at radius 2 is 1.91 bits per heavy atom. The zero-order valence-electron chi connectivity index (χ0n) is 12.6. The Balaban J connectivity index is 1.80. The number of nitrogens with zero attached hydrogens (tertiary/aromatic N) is 2. The zero-order valence-corrected chi connectivity index (χ0v) is 12.6. The predicted molar refractivity (Wildman–Crippen MR) is 85.8 cm³/mol. The van der Waals surface area contributed by atoms with Gasteiger partial charge in [-0.15, -0.1) is 0 Å². The fourth-order valence-electron chi connectivity index (χ4n) is 2.35. The maximum absolute atomic E-state index is 13.2. The second-order valence-corrected chi connectivity index (χ2v) is 5.62. The highest BCUT2D eigenvalue weighted by Gasteiger charge is 2.27. The van der Waals surface area contributed by atoms with Gasteiger partial charge in [0.05, 0.1) is 0 Å². The number of rotatable bonds is 7. The molecule has 0 aliphatic heterocycles. The molecule has 0 amide bonds. The molecule has 1 aromatic carbocycles. The van der Waals surface area contributed by atoms with Crippen molar-refractivity contribution in [2.24, 2.45) is 5.73 Å². The van der Waals surface area contributed by atoms with Gasteiger partial charge in [0, 0.05) is 30.1 Å². The monoisotopic (exact) mass is 319 g/mol. The molecule has 0 atom stereocenters. The summed E-state index contributed by atoms with van der Waals surface area (Å²) in [5, 5.41) is 6.10. The standard InChI is InChI=1S/C16H19F2N5/c17-11-6-12(18)8-13(7-11)22-16-21-9-14(10-2-3-10)15(23-16)20-5-1-4-19/h6-10H,1-5,19H2,(H2,20,21,22,23). The minimum Gasteiger partial charge on any atom is -0.370 e. The van der Waals surface area contributed by atoms with Crippen molar-refractivity contribution in [1.29, 1.82) is 0 Å². The maximum Gasteiger partial charge on any atom is 0.229 e. The number of hydrogen-bond donors (Lipinski definition) is 3. The molecule has 0 radical (unpaired) electrons. The molecule has 1 saturated carbocycles. The van der Waals surface area contributed by atoms with E-state index in [-0.39, 0.29) is 5.69 Å². The third kappa shape index (κ3) is 4.13. The molecule has 0 unspecified atom stereocenters. The molecule has 0 saturated heterocycles. The van der Waals surface area contributed by atoms with Gasteiger partial charge in [0.1, 0.15) is 17.5 Å². The molecule has 0 spiro atoms. The van der Waals surface area contributed by atoms with Crippen molar-refractivity contribution in [2.75, 3.05) is 23.7 Å². The minimum absolute atomic E-state index is 0.273. The first-order chi connectivity index (χ1) is 11.2. The van der Waals surface area contributed by atoms with E-state index >= 15 is 0 Å². The second-order valence-electron chi connectivity index (χ2n) is 5.62. The number of aromatic nitrogens is 2. The largest absolute Gasteiger partial charge is 0.370 e. The van der Waals surface area contributed by atoms with Crippen LogP contribution in [0.2, 0.25) is 0 Å². The normalized spacial score (nSPS) is 13.9. The molecule has 122 valence electrons. The van der Waals surface area contributed by atoms with Gasteiger partial charge >= 0.3 is 0 Å². The summed E-state index contributed by atoms with van der Waals surface area (Å²) in [6.45, 7) is 1.33. The molecule has 2 aromatic rings. The van der Waals surface area contributed by atoms with E-state index in [2.05, 4.69) is 20.6 Å². The molecule has 7 heteroatoms. The number of nitrogens with one attached hydrogen (secondary N) is 2. The molecule has 1 aliphatic carbocycles. The summed E-state index contributed by atoms with van der Waals surface area (Å²) in [7, 11) is 0. The van der Waals surface area contributed by atoms with E-state index in [1.807, 2.05) is 0 Å². The van der Waals surface area contributed by atoms with Crippen LogP contribution >= 0.6 is 0 Å². The van der Waals surface area contributed by atoms with Crippen LogP contribution in [0.5, 0.6) is 0 Å². The summed E-state index contributed by atoms with van der Waals surface area (Å²) in [6.07, 6.45) is 4.88. The number of halogens is 2. The zero-order chi connectivity index (χ0) is 16.2. The molecule has 5 nitrogen and oxygen atoms in total. The first-order valence-corrected chi connectivity index (χ1v) is 7.69. The van der Waals surface area contributed by atoms with Gasteiger partial charge in [-0.25, -0.2) is 13.8 Å². The van der Waals surface area contributed by atoms with Crippen molar-refractivity contribution >= 4 is 17.5 Å². The summed E-state index contributed by atoms with van der Waals surface area (Å²) < 4.78 is 26.5. The summed E-state index contributed by atoms with van der Waals surface area (Å²) in [4.78, 5) is 8.69. The number of benzene rings is 1. The van der Waals surface area contributed by atoms with Crippen molar-refractivity contribution in [3.05, 3.63) is 41.6 Å². The lowest BCUT2D eigenvalue weighted by Gasteiger charge is -2.12. The molecule has 4 N–H and O–H groups in total. The van der Waals surface area contributed by atoms with Gasteiger partial charge in [-0.3, -0.25) is 0 Å². The van der Waals surface area contributed by atoms with E-state index in [9.17, 15) is 8.78 Å². The Morgan fingerprint density at radius 3 is 2.57 bits per heavy atom.